The molecule has 0 amide bonds. The highest BCUT2D eigenvalue weighted by Gasteiger charge is 2.30. The van der Waals surface area contributed by atoms with Gasteiger partial charge in [-0.1, -0.05) is 18.0 Å². The maximum absolute atomic E-state index is 12.2. The molecule has 0 aliphatic heterocycles. The van der Waals surface area contributed by atoms with E-state index in [2.05, 4.69) is 4.72 Å². The Morgan fingerprint density at radius 1 is 1.35 bits per heavy atom. The van der Waals surface area contributed by atoms with Crippen molar-refractivity contribution < 1.29 is 13.3 Å². The second-order valence-electron chi connectivity index (χ2n) is 4.55. The Hall–Kier alpha value is -0.890. The number of sulfonamides is 1. The smallest absolute Gasteiger partial charge is 0.258 e. The molecule has 6 nitrogen and oxygen atoms in total. The van der Waals surface area contributed by atoms with Crippen LogP contribution in [0.5, 0.6) is 0 Å². The fourth-order valence-electron chi connectivity index (χ4n) is 2.11. The molecule has 0 spiro atoms. The first kappa shape index (κ1) is 15.5. The lowest BCUT2D eigenvalue weighted by molar-refractivity contribution is -0.384. The zero-order valence-corrected chi connectivity index (χ0v) is 12.6. The molecule has 1 aliphatic carbocycles. The van der Waals surface area contributed by atoms with Crippen LogP contribution >= 0.6 is 23.2 Å². The first-order chi connectivity index (χ1) is 9.31. The summed E-state index contributed by atoms with van der Waals surface area (Å²) >= 11 is 11.7. The van der Waals surface area contributed by atoms with Crippen molar-refractivity contribution in [3.63, 3.8) is 0 Å². The Labute approximate surface area is 126 Å². The van der Waals surface area contributed by atoms with E-state index in [9.17, 15) is 18.5 Å². The number of nitrogens with zero attached hydrogens (tertiary/aromatic N) is 1. The Kier molecular flexibility index (Phi) is 4.53. The van der Waals surface area contributed by atoms with Crippen LogP contribution in [0.25, 0.3) is 0 Å². The Morgan fingerprint density at radius 3 is 2.60 bits per heavy atom. The van der Waals surface area contributed by atoms with E-state index in [0.717, 1.165) is 18.9 Å². The number of halogens is 2. The maximum atomic E-state index is 12.2. The third-order valence-electron chi connectivity index (χ3n) is 3.16. The highest BCUT2D eigenvalue weighted by atomic mass is 35.5. The van der Waals surface area contributed by atoms with E-state index in [1.165, 1.54) is 12.1 Å². The van der Waals surface area contributed by atoms with Crippen LogP contribution in [0.1, 0.15) is 19.3 Å². The van der Waals surface area contributed by atoms with Crippen molar-refractivity contribution in [1.29, 1.82) is 0 Å². The van der Waals surface area contributed by atoms with Crippen molar-refractivity contribution in [2.24, 2.45) is 0 Å². The average molecular weight is 339 g/mol. The van der Waals surface area contributed by atoms with Crippen molar-refractivity contribution >= 4 is 38.9 Å². The minimum absolute atomic E-state index is 0.106. The zero-order valence-electron chi connectivity index (χ0n) is 10.3. The van der Waals surface area contributed by atoms with Gasteiger partial charge in [-0.05, 0) is 25.0 Å². The molecule has 2 atom stereocenters. The summed E-state index contributed by atoms with van der Waals surface area (Å²) in [5.74, 6) is 0. The van der Waals surface area contributed by atoms with E-state index >= 15 is 0 Å². The quantitative estimate of drug-likeness (QED) is 0.519. The van der Waals surface area contributed by atoms with E-state index in [1.54, 1.807) is 0 Å². The molecule has 1 saturated carbocycles. The summed E-state index contributed by atoms with van der Waals surface area (Å²) in [6, 6.07) is 3.02. The molecule has 2 rings (SSSR count). The number of hydrogen-bond acceptors (Lipinski definition) is 4. The molecular weight excluding hydrogens is 327 g/mol. The van der Waals surface area contributed by atoms with Gasteiger partial charge in [0.2, 0.25) is 10.0 Å². The monoisotopic (exact) mass is 338 g/mol. The summed E-state index contributed by atoms with van der Waals surface area (Å²) in [6.07, 6.45) is 2.25. The van der Waals surface area contributed by atoms with Crippen LogP contribution < -0.4 is 4.72 Å². The second kappa shape index (κ2) is 5.85. The number of nitro benzene ring substituents is 1. The van der Waals surface area contributed by atoms with Gasteiger partial charge in [-0.2, -0.15) is 0 Å². The van der Waals surface area contributed by atoms with Gasteiger partial charge in [0.25, 0.3) is 5.69 Å². The van der Waals surface area contributed by atoms with E-state index in [-0.39, 0.29) is 21.3 Å². The predicted molar refractivity (Wildman–Crippen MR) is 75.7 cm³/mol. The fraction of sp³-hybridized carbons (Fsp3) is 0.455. The standard InChI is InChI=1S/C11H12Cl2N2O4S/c12-8-2-1-3-10(8)14-20(18,19)7-4-5-9(13)11(6-7)15(16)17/h4-6,8,10,14H,1-3H2. The lowest BCUT2D eigenvalue weighted by Crippen LogP contribution is -2.37. The van der Waals surface area contributed by atoms with Crippen molar-refractivity contribution in [3.8, 4) is 0 Å². The molecule has 1 aliphatic rings. The highest BCUT2D eigenvalue weighted by molar-refractivity contribution is 7.89. The largest absolute Gasteiger partial charge is 0.289 e. The molecule has 1 aromatic carbocycles. The first-order valence-corrected chi connectivity index (χ1v) is 8.21. The van der Waals surface area contributed by atoms with Gasteiger partial charge in [0.1, 0.15) is 5.02 Å². The minimum atomic E-state index is -3.85. The van der Waals surface area contributed by atoms with Gasteiger partial charge in [-0.15, -0.1) is 11.6 Å². The molecule has 0 bridgehead atoms. The molecule has 0 heterocycles. The summed E-state index contributed by atoms with van der Waals surface area (Å²) in [5.41, 5.74) is -0.441. The first-order valence-electron chi connectivity index (χ1n) is 5.91. The van der Waals surface area contributed by atoms with Crippen LogP contribution in [0, 0.1) is 10.1 Å². The lowest BCUT2D eigenvalue weighted by atomic mass is 10.3. The summed E-state index contributed by atoms with van der Waals surface area (Å²) in [4.78, 5) is 9.87. The SMILES string of the molecule is O=[N+]([O-])c1cc(S(=O)(=O)NC2CCCC2Cl)ccc1Cl. The molecule has 9 heteroatoms. The molecule has 1 N–H and O–H groups in total. The zero-order chi connectivity index (χ0) is 14.9. The molecule has 0 radical (unpaired) electrons. The Balaban J connectivity index is 2.30. The lowest BCUT2D eigenvalue weighted by Gasteiger charge is -2.16. The summed E-state index contributed by atoms with van der Waals surface area (Å²) < 4.78 is 26.9. The maximum Gasteiger partial charge on any atom is 0.289 e. The third kappa shape index (κ3) is 3.22. The van der Waals surface area contributed by atoms with Crippen LogP contribution in [0.2, 0.25) is 5.02 Å². The second-order valence-corrected chi connectivity index (χ2v) is 7.23. The Morgan fingerprint density at radius 2 is 2.05 bits per heavy atom. The van der Waals surface area contributed by atoms with Crippen LogP contribution in [0.15, 0.2) is 23.1 Å². The third-order valence-corrected chi connectivity index (χ3v) is 5.49. The number of hydrogen-bond donors (Lipinski definition) is 1. The average Bonchev–Trinajstić information content (AvgIpc) is 2.74. The summed E-state index contributed by atoms with van der Waals surface area (Å²) in [5, 5.41) is 10.4. The number of benzene rings is 1. The van der Waals surface area contributed by atoms with Crippen molar-refractivity contribution in [2.75, 3.05) is 0 Å². The molecule has 2 unspecified atom stereocenters. The van der Waals surface area contributed by atoms with Crippen molar-refractivity contribution in [2.45, 2.75) is 35.6 Å². The Bertz CT molecular complexity index is 635. The van der Waals surface area contributed by atoms with Crippen LogP contribution in [0.3, 0.4) is 0 Å². The van der Waals surface area contributed by atoms with Crippen LogP contribution in [-0.2, 0) is 10.0 Å². The van der Waals surface area contributed by atoms with Crippen molar-refractivity contribution in [1.82, 2.24) is 4.72 Å². The summed E-state index contributed by atoms with van der Waals surface area (Å²) in [6.45, 7) is 0. The molecular formula is C11H12Cl2N2O4S. The van der Waals surface area contributed by atoms with E-state index in [1.807, 2.05) is 0 Å². The van der Waals surface area contributed by atoms with E-state index in [0.29, 0.717) is 6.42 Å². The predicted octanol–water partition coefficient (Wildman–Crippen LogP) is 2.69. The van der Waals surface area contributed by atoms with E-state index in [4.69, 9.17) is 23.2 Å². The molecule has 1 fully saturated rings. The van der Waals surface area contributed by atoms with Gasteiger partial charge >= 0.3 is 0 Å². The van der Waals surface area contributed by atoms with Gasteiger partial charge in [0.05, 0.1) is 9.82 Å². The van der Waals surface area contributed by atoms with Gasteiger partial charge < -0.3 is 0 Å². The topological polar surface area (TPSA) is 89.3 Å². The number of alkyl halides is 1. The van der Waals surface area contributed by atoms with Gasteiger partial charge in [-0.25, -0.2) is 13.1 Å². The van der Waals surface area contributed by atoms with Crippen molar-refractivity contribution in [3.05, 3.63) is 33.3 Å². The minimum Gasteiger partial charge on any atom is -0.258 e. The van der Waals surface area contributed by atoms with Gasteiger partial charge in [0, 0.05) is 17.5 Å². The molecule has 110 valence electrons. The highest BCUT2D eigenvalue weighted by Crippen LogP contribution is 2.29. The number of nitrogens with one attached hydrogen (secondary N) is 1. The van der Waals surface area contributed by atoms with Gasteiger partial charge in [0.15, 0.2) is 0 Å². The molecule has 0 aromatic heterocycles. The van der Waals surface area contributed by atoms with Gasteiger partial charge in [-0.3, -0.25) is 10.1 Å². The molecule has 20 heavy (non-hydrogen) atoms. The van der Waals surface area contributed by atoms with E-state index < -0.39 is 20.6 Å². The van der Waals surface area contributed by atoms with Crippen LogP contribution in [0.4, 0.5) is 5.69 Å². The number of rotatable bonds is 4. The molecule has 1 aromatic rings. The molecule has 0 saturated heterocycles. The normalized spacial score (nSPS) is 22.9. The number of nitro groups is 1. The summed E-state index contributed by atoms with van der Waals surface area (Å²) in [7, 11) is -3.85. The van der Waals surface area contributed by atoms with Crippen LogP contribution in [-0.4, -0.2) is 24.8 Å². The fourth-order valence-corrected chi connectivity index (χ4v) is 4.05.